The van der Waals surface area contributed by atoms with Gasteiger partial charge < -0.3 is 9.73 Å². The van der Waals surface area contributed by atoms with Crippen molar-refractivity contribution in [3.63, 3.8) is 0 Å². The highest BCUT2D eigenvalue weighted by Crippen LogP contribution is 2.29. The van der Waals surface area contributed by atoms with Gasteiger partial charge >= 0.3 is 0 Å². The Morgan fingerprint density at radius 3 is 3.19 bits per heavy atom. The van der Waals surface area contributed by atoms with E-state index in [9.17, 15) is 0 Å². The molecule has 1 N–H and O–H groups in total. The van der Waals surface area contributed by atoms with E-state index in [1.807, 2.05) is 12.1 Å². The molecule has 1 fully saturated rings. The van der Waals surface area contributed by atoms with E-state index in [0.29, 0.717) is 6.04 Å². The van der Waals surface area contributed by atoms with Crippen LogP contribution in [0.5, 0.6) is 0 Å². The summed E-state index contributed by atoms with van der Waals surface area (Å²) in [7, 11) is 0. The van der Waals surface area contributed by atoms with E-state index in [-0.39, 0.29) is 0 Å². The normalized spacial score (nSPS) is 21.1. The van der Waals surface area contributed by atoms with Crippen LogP contribution in [0.15, 0.2) is 28.2 Å². The molecule has 0 aromatic carbocycles. The third-order valence-corrected chi connectivity index (χ3v) is 3.86. The molecule has 84 valence electrons. The summed E-state index contributed by atoms with van der Waals surface area (Å²) < 4.78 is 5.34. The number of piperidine rings is 1. The third kappa shape index (κ3) is 1.90. The first-order chi connectivity index (χ1) is 7.93. The van der Waals surface area contributed by atoms with Crippen LogP contribution >= 0.6 is 11.3 Å². The monoisotopic (exact) mass is 234 g/mol. The summed E-state index contributed by atoms with van der Waals surface area (Å²) in [5, 5.41) is 6.77. The van der Waals surface area contributed by atoms with Crippen LogP contribution < -0.4 is 5.32 Å². The molecule has 3 heterocycles. The average molecular weight is 234 g/mol. The molecule has 1 unspecified atom stereocenters. The Kier molecular flexibility index (Phi) is 2.76. The topological polar surface area (TPSA) is 38.1 Å². The highest BCUT2D eigenvalue weighted by atomic mass is 32.1. The van der Waals surface area contributed by atoms with Gasteiger partial charge in [-0.25, -0.2) is 4.98 Å². The minimum atomic E-state index is 0.447. The molecule has 1 atom stereocenters. The first-order valence-corrected chi connectivity index (χ1v) is 6.54. The van der Waals surface area contributed by atoms with E-state index in [2.05, 4.69) is 15.7 Å². The van der Waals surface area contributed by atoms with Crippen molar-refractivity contribution in [1.29, 1.82) is 0 Å². The molecule has 0 bridgehead atoms. The Morgan fingerprint density at radius 1 is 1.44 bits per heavy atom. The van der Waals surface area contributed by atoms with E-state index in [1.54, 1.807) is 17.6 Å². The van der Waals surface area contributed by atoms with E-state index in [1.165, 1.54) is 24.3 Å². The Bertz CT molecular complexity index is 443. The first-order valence-electron chi connectivity index (χ1n) is 5.66. The van der Waals surface area contributed by atoms with Gasteiger partial charge in [0.2, 0.25) is 0 Å². The molecular weight excluding hydrogens is 220 g/mol. The Morgan fingerprint density at radius 2 is 2.44 bits per heavy atom. The van der Waals surface area contributed by atoms with Crippen molar-refractivity contribution >= 4 is 11.3 Å². The SMILES string of the molecule is c1coc(-c2csc(C3CCCCN3)n2)c1. The van der Waals surface area contributed by atoms with Gasteiger partial charge in [-0.05, 0) is 31.5 Å². The summed E-state index contributed by atoms with van der Waals surface area (Å²) in [6.45, 7) is 1.11. The van der Waals surface area contributed by atoms with Crippen LogP contribution in [0, 0.1) is 0 Å². The lowest BCUT2D eigenvalue weighted by Gasteiger charge is -2.21. The fourth-order valence-electron chi connectivity index (χ4n) is 2.05. The maximum atomic E-state index is 5.34. The number of thiazole rings is 1. The van der Waals surface area contributed by atoms with Crippen LogP contribution in [0.3, 0.4) is 0 Å². The highest BCUT2D eigenvalue weighted by molar-refractivity contribution is 7.10. The molecule has 0 saturated carbocycles. The molecule has 0 aliphatic carbocycles. The van der Waals surface area contributed by atoms with E-state index < -0.39 is 0 Å². The summed E-state index contributed by atoms with van der Waals surface area (Å²) in [6, 6.07) is 4.29. The second-order valence-electron chi connectivity index (χ2n) is 4.05. The second-order valence-corrected chi connectivity index (χ2v) is 4.94. The average Bonchev–Trinajstić information content (AvgIpc) is 3.01. The van der Waals surface area contributed by atoms with Gasteiger partial charge in [0.05, 0.1) is 12.3 Å². The van der Waals surface area contributed by atoms with Crippen molar-refractivity contribution in [1.82, 2.24) is 10.3 Å². The molecule has 4 heteroatoms. The molecule has 3 rings (SSSR count). The second kappa shape index (κ2) is 4.39. The number of hydrogen-bond acceptors (Lipinski definition) is 4. The summed E-state index contributed by atoms with van der Waals surface area (Å²) in [5.74, 6) is 0.860. The predicted octanol–water partition coefficient (Wildman–Crippen LogP) is 3.22. The largest absolute Gasteiger partial charge is 0.463 e. The summed E-state index contributed by atoms with van der Waals surface area (Å²) in [6.07, 6.45) is 5.47. The minimum Gasteiger partial charge on any atom is -0.463 e. The van der Waals surface area contributed by atoms with Crippen molar-refractivity contribution in [3.05, 3.63) is 28.8 Å². The Balaban J connectivity index is 1.82. The first kappa shape index (κ1) is 10.1. The van der Waals surface area contributed by atoms with Gasteiger partial charge in [0.15, 0.2) is 5.76 Å². The van der Waals surface area contributed by atoms with E-state index in [4.69, 9.17) is 4.42 Å². The van der Waals surface area contributed by atoms with Crippen LogP contribution in [0.1, 0.15) is 30.3 Å². The van der Waals surface area contributed by atoms with Gasteiger partial charge in [0.25, 0.3) is 0 Å². The molecule has 0 radical (unpaired) electrons. The molecule has 0 spiro atoms. The van der Waals surface area contributed by atoms with Gasteiger partial charge in [0.1, 0.15) is 10.7 Å². The lowest BCUT2D eigenvalue weighted by atomic mass is 10.1. The van der Waals surface area contributed by atoms with Gasteiger partial charge in [-0.15, -0.1) is 11.3 Å². The van der Waals surface area contributed by atoms with Crippen LogP contribution in [0.4, 0.5) is 0 Å². The van der Waals surface area contributed by atoms with Crippen molar-refractivity contribution in [2.45, 2.75) is 25.3 Å². The van der Waals surface area contributed by atoms with Crippen molar-refractivity contribution < 1.29 is 4.42 Å². The summed E-state index contributed by atoms with van der Waals surface area (Å²) in [5.41, 5.74) is 0.956. The lowest BCUT2D eigenvalue weighted by molar-refractivity contribution is 0.411. The molecule has 2 aromatic rings. The smallest absolute Gasteiger partial charge is 0.153 e. The van der Waals surface area contributed by atoms with Gasteiger partial charge in [0, 0.05) is 5.38 Å². The fraction of sp³-hybridized carbons (Fsp3) is 0.417. The number of nitrogens with zero attached hydrogens (tertiary/aromatic N) is 1. The number of aromatic nitrogens is 1. The molecule has 2 aromatic heterocycles. The predicted molar refractivity (Wildman–Crippen MR) is 64.4 cm³/mol. The molecule has 1 aliphatic heterocycles. The number of furan rings is 1. The maximum Gasteiger partial charge on any atom is 0.153 e. The highest BCUT2D eigenvalue weighted by Gasteiger charge is 2.18. The molecule has 1 saturated heterocycles. The maximum absolute atomic E-state index is 5.34. The zero-order valence-corrected chi connectivity index (χ0v) is 9.80. The van der Waals surface area contributed by atoms with Gasteiger partial charge in [-0.3, -0.25) is 0 Å². The van der Waals surface area contributed by atoms with Crippen molar-refractivity contribution in [2.75, 3.05) is 6.54 Å². The van der Waals surface area contributed by atoms with Crippen LogP contribution in [-0.4, -0.2) is 11.5 Å². The Labute approximate surface area is 98.5 Å². The van der Waals surface area contributed by atoms with Gasteiger partial charge in [-0.2, -0.15) is 0 Å². The zero-order valence-electron chi connectivity index (χ0n) is 8.98. The van der Waals surface area contributed by atoms with Crippen molar-refractivity contribution in [2.24, 2.45) is 0 Å². The van der Waals surface area contributed by atoms with E-state index in [0.717, 1.165) is 18.0 Å². The molecule has 3 nitrogen and oxygen atoms in total. The van der Waals surface area contributed by atoms with Crippen LogP contribution in [-0.2, 0) is 0 Å². The minimum absolute atomic E-state index is 0.447. The third-order valence-electron chi connectivity index (χ3n) is 2.90. The van der Waals surface area contributed by atoms with E-state index >= 15 is 0 Å². The molecule has 1 aliphatic rings. The molecular formula is C12H14N2OS. The summed E-state index contributed by atoms with van der Waals surface area (Å²) in [4.78, 5) is 4.64. The Hall–Kier alpha value is -1.13. The zero-order chi connectivity index (χ0) is 10.8. The molecule has 0 amide bonds. The van der Waals surface area contributed by atoms with Gasteiger partial charge in [-0.1, -0.05) is 6.42 Å². The van der Waals surface area contributed by atoms with Crippen molar-refractivity contribution in [3.8, 4) is 11.5 Å². The quantitative estimate of drug-likeness (QED) is 0.867. The lowest BCUT2D eigenvalue weighted by Crippen LogP contribution is -2.26. The molecule has 16 heavy (non-hydrogen) atoms. The van der Waals surface area contributed by atoms with Crippen LogP contribution in [0.25, 0.3) is 11.5 Å². The van der Waals surface area contributed by atoms with Crippen LogP contribution in [0.2, 0.25) is 0 Å². The number of nitrogens with one attached hydrogen (secondary N) is 1. The number of rotatable bonds is 2. The fourth-order valence-corrected chi connectivity index (χ4v) is 2.97. The number of hydrogen-bond donors (Lipinski definition) is 1. The standard InChI is InChI=1S/C12H14N2OS/c1-2-6-13-9(4-1)12-14-10(8-16-12)11-5-3-7-15-11/h3,5,7-9,13H,1-2,4,6H2. The summed E-state index contributed by atoms with van der Waals surface area (Å²) >= 11 is 1.72.